The Bertz CT molecular complexity index is 133. The van der Waals surface area contributed by atoms with Gasteiger partial charge < -0.3 is 0 Å². The molecule has 0 amide bonds. The van der Waals surface area contributed by atoms with E-state index in [2.05, 4.69) is 27.4 Å². The van der Waals surface area contributed by atoms with Crippen molar-refractivity contribution in [3.63, 3.8) is 0 Å². The van der Waals surface area contributed by atoms with E-state index in [1.807, 2.05) is 0 Å². The summed E-state index contributed by atoms with van der Waals surface area (Å²) in [7, 11) is 0. The maximum Gasteiger partial charge on any atom is 0.164 e. The van der Waals surface area contributed by atoms with E-state index in [-0.39, 0.29) is 10.5 Å². The first-order valence-electron chi connectivity index (χ1n) is 3.25. The van der Waals surface area contributed by atoms with Crippen LogP contribution in [0.4, 0.5) is 0 Å². The zero-order chi connectivity index (χ0) is 8.20. The van der Waals surface area contributed by atoms with Crippen molar-refractivity contribution in [3.05, 3.63) is 12.7 Å². The van der Waals surface area contributed by atoms with Gasteiger partial charge >= 0.3 is 0 Å². The molecule has 0 radical (unpaired) electrons. The van der Waals surface area contributed by atoms with Gasteiger partial charge in [0.1, 0.15) is 0 Å². The Morgan fingerprint density at radius 1 is 1.60 bits per heavy atom. The molecule has 0 rings (SSSR count). The highest BCUT2D eigenvalue weighted by Crippen LogP contribution is 2.22. The van der Waals surface area contributed by atoms with Crippen LogP contribution in [0.25, 0.3) is 0 Å². The summed E-state index contributed by atoms with van der Waals surface area (Å²) in [5.74, 6) is 0.660. The Morgan fingerprint density at radius 2 is 2.10 bits per heavy atom. The second-order valence-corrected chi connectivity index (χ2v) is 4.87. The molecule has 10 heavy (non-hydrogen) atoms. The fourth-order valence-corrected chi connectivity index (χ4v) is 1.04. The fourth-order valence-electron chi connectivity index (χ4n) is 0.347. The van der Waals surface area contributed by atoms with Crippen molar-refractivity contribution in [2.75, 3.05) is 5.75 Å². The van der Waals surface area contributed by atoms with E-state index in [0.29, 0.717) is 5.75 Å². The maximum atomic E-state index is 10.7. The van der Waals surface area contributed by atoms with Gasteiger partial charge in [-0.15, -0.1) is 11.8 Å². The van der Waals surface area contributed by atoms with Crippen LogP contribution in [0.1, 0.15) is 20.8 Å². The Morgan fingerprint density at radius 3 is 2.40 bits per heavy atom. The van der Waals surface area contributed by atoms with Gasteiger partial charge in [0.2, 0.25) is 0 Å². The van der Waals surface area contributed by atoms with E-state index >= 15 is 0 Å². The van der Waals surface area contributed by atoms with E-state index in [1.54, 1.807) is 11.8 Å². The van der Waals surface area contributed by atoms with Gasteiger partial charge in [-0.3, -0.25) is 4.79 Å². The lowest BCUT2D eigenvalue weighted by molar-refractivity contribution is -0.112. The van der Waals surface area contributed by atoms with Crippen LogP contribution in [0.5, 0.6) is 0 Å². The number of rotatable bonds is 3. The van der Waals surface area contributed by atoms with Crippen LogP contribution < -0.4 is 0 Å². The molecule has 0 aliphatic rings. The fraction of sp³-hybridized carbons (Fsp3) is 0.625. The molecule has 0 atom stereocenters. The quantitative estimate of drug-likeness (QED) is 0.586. The van der Waals surface area contributed by atoms with Crippen molar-refractivity contribution < 1.29 is 4.79 Å². The zero-order valence-corrected chi connectivity index (χ0v) is 7.62. The predicted octanol–water partition coefficient (Wildman–Crippen LogP) is 2.27. The van der Waals surface area contributed by atoms with Gasteiger partial charge in [0.25, 0.3) is 0 Å². The molecule has 1 nitrogen and oxygen atoms in total. The van der Waals surface area contributed by atoms with Gasteiger partial charge in [-0.25, -0.2) is 0 Å². The smallest absolute Gasteiger partial charge is 0.164 e. The van der Waals surface area contributed by atoms with Gasteiger partial charge in [0.15, 0.2) is 5.78 Å². The standard InChI is InChI=1S/C8H14OS/c1-5-7(9)6-10-8(2,3)4/h5H,1,6H2,2-4H3. The molecule has 0 saturated carbocycles. The summed E-state index contributed by atoms with van der Waals surface area (Å²) < 4.78 is 0.179. The highest BCUT2D eigenvalue weighted by Gasteiger charge is 2.11. The molecule has 0 spiro atoms. The Hall–Kier alpha value is -0.240. The normalized spacial score (nSPS) is 11.1. The SMILES string of the molecule is C=CC(=O)CSC(C)(C)C. The molecule has 58 valence electrons. The van der Waals surface area contributed by atoms with Gasteiger partial charge in [0.05, 0.1) is 5.75 Å². The summed E-state index contributed by atoms with van der Waals surface area (Å²) in [5, 5.41) is 0. The van der Waals surface area contributed by atoms with Crippen molar-refractivity contribution in [2.24, 2.45) is 0 Å². The molecule has 0 aliphatic heterocycles. The van der Waals surface area contributed by atoms with Crippen molar-refractivity contribution in [3.8, 4) is 0 Å². The molecule has 0 N–H and O–H groups in total. The molecular formula is C8H14OS. The number of ketones is 1. The molecule has 0 aliphatic carbocycles. The van der Waals surface area contributed by atoms with E-state index in [0.717, 1.165) is 0 Å². The summed E-state index contributed by atoms with van der Waals surface area (Å²) in [4.78, 5) is 10.7. The number of hydrogen-bond donors (Lipinski definition) is 0. The molecule has 0 aromatic heterocycles. The lowest BCUT2D eigenvalue weighted by Crippen LogP contribution is -2.11. The van der Waals surface area contributed by atoms with Crippen LogP contribution in [0, 0.1) is 0 Å². The number of carbonyl (C=O) groups excluding carboxylic acids is 1. The van der Waals surface area contributed by atoms with Crippen molar-refractivity contribution >= 4 is 17.5 Å². The monoisotopic (exact) mass is 158 g/mol. The van der Waals surface area contributed by atoms with Crippen LogP contribution in [0.3, 0.4) is 0 Å². The summed E-state index contributed by atoms with van der Waals surface area (Å²) >= 11 is 1.65. The van der Waals surface area contributed by atoms with E-state index in [1.165, 1.54) is 6.08 Å². The van der Waals surface area contributed by atoms with Crippen molar-refractivity contribution in [1.82, 2.24) is 0 Å². The molecular weight excluding hydrogens is 144 g/mol. The number of allylic oxidation sites excluding steroid dienone is 1. The predicted molar refractivity (Wildman–Crippen MR) is 47.4 cm³/mol. The molecule has 0 aromatic carbocycles. The highest BCUT2D eigenvalue weighted by molar-refractivity contribution is 8.01. The molecule has 0 bridgehead atoms. The lowest BCUT2D eigenvalue weighted by Gasteiger charge is -2.15. The molecule has 0 saturated heterocycles. The molecule has 0 fully saturated rings. The van der Waals surface area contributed by atoms with Crippen LogP contribution >= 0.6 is 11.8 Å². The first-order chi connectivity index (χ1) is 4.45. The summed E-state index contributed by atoms with van der Waals surface area (Å²) in [5.41, 5.74) is 0. The second-order valence-electron chi connectivity index (χ2n) is 3.07. The van der Waals surface area contributed by atoms with Gasteiger partial charge in [-0.1, -0.05) is 27.4 Å². The first kappa shape index (κ1) is 9.76. The van der Waals surface area contributed by atoms with Crippen molar-refractivity contribution in [2.45, 2.75) is 25.5 Å². The topological polar surface area (TPSA) is 17.1 Å². The Kier molecular flexibility index (Phi) is 3.72. The summed E-state index contributed by atoms with van der Waals surface area (Å²) in [6.45, 7) is 9.67. The van der Waals surface area contributed by atoms with Gasteiger partial charge in [-0.2, -0.15) is 0 Å². The van der Waals surface area contributed by atoms with Gasteiger partial charge in [0, 0.05) is 4.75 Å². The zero-order valence-electron chi connectivity index (χ0n) is 6.81. The van der Waals surface area contributed by atoms with Crippen molar-refractivity contribution in [1.29, 1.82) is 0 Å². The third kappa shape index (κ3) is 5.89. The van der Waals surface area contributed by atoms with E-state index < -0.39 is 0 Å². The lowest BCUT2D eigenvalue weighted by atomic mass is 10.3. The molecule has 0 heterocycles. The van der Waals surface area contributed by atoms with Crippen LogP contribution in [0.2, 0.25) is 0 Å². The van der Waals surface area contributed by atoms with E-state index in [9.17, 15) is 4.79 Å². The average Bonchev–Trinajstić information content (AvgIpc) is 1.81. The second kappa shape index (κ2) is 3.81. The molecule has 2 heteroatoms. The van der Waals surface area contributed by atoms with E-state index in [4.69, 9.17) is 0 Å². The van der Waals surface area contributed by atoms with Crippen LogP contribution in [-0.4, -0.2) is 16.3 Å². The van der Waals surface area contributed by atoms with Crippen LogP contribution in [0.15, 0.2) is 12.7 Å². The molecule has 0 unspecified atom stereocenters. The number of thioether (sulfide) groups is 1. The highest BCUT2D eigenvalue weighted by atomic mass is 32.2. The number of carbonyl (C=O) groups is 1. The summed E-state index contributed by atoms with van der Waals surface area (Å²) in [6.07, 6.45) is 1.37. The number of hydrogen-bond acceptors (Lipinski definition) is 2. The third-order valence-electron chi connectivity index (χ3n) is 0.875. The maximum absolute atomic E-state index is 10.7. The Labute approximate surface area is 66.9 Å². The molecule has 0 aromatic rings. The van der Waals surface area contributed by atoms with Gasteiger partial charge in [-0.05, 0) is 6.08 Å². The minimum atomic E-state index is 0.111. The largest absolute Gasteiger partial charge is 0.294 e. The first-order valence-corrected chi connectivity index (χ1v) is 4.23. The minimum Gasteiger partial charge on any atom is -0.294 e. The Balaban J connectivity index is 3.55. The summed E-state index contributed by atoms with van der Waals surface area (Å²) in [6, 6.07) is 0. The van der Waals surface area contributed by atoms with Crippen LogP contribution in [-0.2, 0) is 4.79 Å². The average molecular weight is 158 g/mol. The third-order valence-corrected chi connectivity index (χ3v) is 2.17. The minimum absolute atomic E-state index is 0.111.